The van der Waals surface area contributed by atoms with Crippen LogP contribution in [0.2, 0.25) is 0 Å². The van der Waals surface area contributed by atoms with Gasteiger partial charge in [0.1, 0.15) is 0 Å². The van der Waals surface area contributed by atoms with Crippen LogP contribution in [0.15, 0.2) is 145 Å². The van der Waals surface area contributed by atoms with Gasteiger partial charge < -0.3 is 9.80 Å². The van der Waals surface area contributed by atoms with Crippen LogP contribution in [-0.4, -0.2) is 0 Å². The number of aryl methyl sites for hydroxylation is 1. The van der Waals surface area contributed by atoms with Crippen molar-refractivity contribution in [2.24, 2.45) is 5.92 Å². The van der Waals surface area contributed by atoms with Crippen LogP contribution in [0.4, 0.5) is 28.4 Å². The maximum atomic E-state index is 2.63. The van der Waals surface area contributed by atoms with Gasteiger partial charge in [-0.15, -0.1) is 0 Å². The van der Waals surface area contributed by atoms with Gasteiger partial charge in [-0.3, -0.25) is 0 Å². The first kappa shape index (κ1) is 43.6. The predicted molar refractivity (Wildman–Crippen MR) is 276 cm³/mol. The van der Waals surface area contributed by atoms with Gasteiger partial charge in [0.2, 0.25) is 0 Å². The molecule has 2 unspecified atom stereocenters. The topological polar surface area (TPSA) is 6.48 Å². The van der Waals surface area contributed by atoms with Crippen molar-refractivity contribution in [1.29, 1.82) is 0 Å². The summed E-state index contributed by atoms with van der Waals surface area (Å²) in [4.78, 5) is 4.98. The number of hydrogen-bond acceptors (Lipinski definition) is 2. The quantitative estimate of drug-likeness (QED) is 0.136. The highest BCUT2D eigenvalue weighted by Crippen LogP contribution is 2.63. The van der Waals surface area contributed by atoms with Crippen LogP contribution in [0.5, 0.6) is 0 Å². The summed E-state index contributed by atoms with van der Waals surface area (Å²) in [5, 5.41) is 0. The number of fused-ring (bicyclic) bond motifs is 7. The molecule has 0 saturated carbocycles. The Morgan fingerprint density at radius 3 is 1.31 bits per heavy atom. The molecule has 9 rings (SSSR count). The minimum atomic E-state index is -0.206. The van der Waals surface area contributed by atoms with E-state index < -0.39 is 0 Å². The van der Waals surface area contributed by atoms with E-state index in [1.54, 1.807) is 5.56 Å². The first-order chi connectivity index (χ1) is 30.4. The van der Waals surface area contributed by atoms with Gasteiger partial charge in [-0.2, -0.15) is 0 Å². The first-order valence-corrected chi connectivity index (χ1v) is 24.1. The van der Waals surface area contributed by atoms with Crippen LogP contribution in [-0.2, 0) is 10.8 Å². The average Bonchev–Trinajstić information content (AvgIpc) is 3.64. The monoisotopic (exact) mass is 843 g/mol. The molecular formula is C62H70N2. The lowest BCUT2D eigenvalue weighted by atomic mass is 9.69. The van der Waals surface area contributed by atoms with E-state index in [1.165, 1.54) is 95.3 Å². The standard InChI is InChI=1S/C62H70N2/c1-37(2)43-15-23-47(24-16-43)63(48-25-17-44(18-26-48)38(3)4)51-33-41(9)57-53-31-32-54-58-42(10)34-52(36-56(58)62(13,14)60(54)59(53)61(11,12)55(57)35-51)64(49-27-19-45(20-28-49)39(5)6)50-29-21-46(22-30-50)40(7)8/h15-40,55,57H,1-14H3. The van der Waals surface area contributed by atoms with Crippen molar-refractivity contribution in [3.63, 3.8) is 0 Å². The average molecular weight is 843 g/mol. The Hall–Kier alpha value is -5.60. The fraction of sp³-hybridized carbons (Fsp3) is 0.355. The number of nitrogens with zero attached hydrogens (tertiary/aromatic N) is 2. The lowest BCUT2D eigenvalue weighted by Crippen LogP contribution is -2.31. The summed E-state index contributed by atoms with van der Waals surface area (Å²) in [7, 11) is 0. The van der Waals surface area contributed by atoms with Gasteiger partial charge in [0, 0.05) is 45.5 Å². The molecule has 2 atom stereocenters. The second-order valence-electron chi connectivity index (χ2n) is 21.6. The van der Waals surface area contributed by atoms with Crippen molar-refractivity contribution in [1.82, 2.24) is 0 Å². The van der Waals surface area contributed by atoms with Gasteiger partial charge in [0.05, 0.1) is 0 Å². The summed E-state index contributed by atoms with van der Waals surface area (Å²) in [5.41, 5.74) is 24.0. The number of anilines is 5. The number of benzene rings is 6. The smallest absolute Gasteiger partial charge is 0.0467 e. The van der Waals surface area contributed by atoms with Crippen molar-refractivity contribution in [3.05, 3.63) is 195 Å². The maximum absolute atomic E-state index is 2.63. The highest BCUT2D eigenvalue weighted by atomic mass is 15.2. The van der Waals surface area contributed by atoms with Gasteiger partial charge in [-0.1, -0.05) is 155 Å². The largest absolute Gasteiger partial charge is 0.311 e. The van der Waals surface area contributed by atoms with Gasteiger partial charge in [-0.05, 0) is 177 Å². The van der Waals surface area contributed by atoms with Crippen LogP contribution in [0.1, 0.15) is 170 Å². The third kappa shape index (κ3) is 7.17. The van der Waals surface area contributed by atoms with Crippen molar-refractivity contribution in [3.8, 4) is 11.1 Å². The fourth-order valence-electron chi connectivity index (χ4n) is 11.5. The Labute approximate surface area is 385 Å². The van der Waals surface area contributed by atoms with Crippen molar-refractivity contribution in [2.45, 2.75) is 137 Å². The normalized spacial score (nSPS) is 17.9. The van der Waals surface area contributed by atoms with Crippen molar-refractivity contribution < 1.29 is 0 Å². The Balaban J connectivity index is 1.15. The molecule has 0 bridgehead atoms. The van der Waals surface area contributed by atoms with E-state index in [-0.39, 0.29) is 10.8 Å². The second-order valence-corrected chi connectivity index (χ2v) is 21.6. The molecule has 0 fully saturated rings. The van der Waals surface area contributed by atoms with E-state index in [1.807, 2.05) is 0 Å². The molecule has 3 aliphatic rings. The van der Waals surface area contributed by atoms with Gasteiger partial charge in [-0.25, -0.2) is 0 Å². The van der Waals surface area contributed by atoms with E-state index in [2.05, 4.69) is 240 Å². The van der Waals surface area contributed by atoms with E-state index in [0.29, 0.717) is 35.5 Å². The summed E-state index contributed by atoms with van der Waals surface area (Å²) in [6, 6.07) is 46.9. The Morgan fingerprint density at radius 2 is 0.891 bits per heavy atom. The van der Waals surface area contributed by atoms with E-state index in [0.717, 1.165) is 0 Å². The Kier molecular flexibility index (Phi) is 11.0. The third-order valence-electron chi connectivity index (χ3n) is 15.3. The Bertz CT molecular complexity index is 2670. The summed E-state index contributed by atoms with van der Waals surface area (Å²) in [6.45, 7) is 33.0. The molecule has 0 spiro atoms. The summed E-state index contributed by atoms with van der Waals surface area (Å²) < 4.78 is 0. The molecule has 0 heterocycles. The lowest BCUT2D eigenvalue weighted by Gasteiger charge is -2.37. The molecule has 6 aromatic rings. The minimum Gasteiger partial charge on any atom is -0.311 e. The highest BCUT2D eigenvalue weighted by Gasteiger charge is 2.52. The van der Waals surface area contributed by atoms with Gasteiger partial charge in [0.25, 0.3) is 0 Å². The first-order valence-electron chi connectivity index (χ1n) is 24.1. The third-order valence-corrected chi connectivity index (χ3v) is 15.3. The fourth-order valence-corrected chi connectivity index (χ4v) is 11.5. The van der Waals surface area contributed by atoms with Gasteiger partial charge in [0.15, 0.2) is 0 Å². The number of rotatable bonds is 10. The van der Waals surface area contributed by atoms with E-state index in [9.17, 15) is 0 Å². The van der Waals surface area contributed by atoms with Crippen molar-refractivity contribution in [2.75, 3.05) is 9.80 Å². The van der Waals surface area contributed by atoms with Crippen LogP contribution in [0, 0.1) is 12.8 Å². The summed E-state index contributed by atoms with van der Waals surface area (Å²) in [6.07, 6.45) is 5.11. The zero-order valence-corrected chi connectivity index (χ0v) is 41.1. The second kappa shape index (κ2) is 16.1. The molecule has 0 aliphatic heterocycles. The number of allylic oxidation sites excluding steroid dienone is 3. The molecule has 0 radical (unpaired) electrons. The molecule has 0 N–H and O–H groups in total. The molecule has 2 nitrogen and oxygen atoms in total. The summed E-state index contributed by atoms with van der Waals surface area (Å²) >= 11 is 0. The molecule has 2 heteroatoms. The van der Waals surface area contributed by atoms with Crippen LogP contribution in [0.25, 0.3) is 11.1 Å². The molecule has 64 heavy (non-hydrogen) atoms. The number of hydrogen-bond donors (Lipinski definition) is 0. The molecule has 0 saturated heterocycles. The highest BCUT2D eigenvalue weighted by molar-refractivity contribution is 5.90. The van der Waals surface area contributed by atoms with Crippen LogP contribution >= 0.6 is 0 Å². The predicted octanol–water partition coefficient (Wildman–Crippen LogP) is 17.9. The van der Waals surface area contributed by atoms with E-state index >= 15 is 0 Å². The lowest BCUT2D eigenvalue weighted by molar-refractivity contribution is 0.380. The molecular weight excluding hydrogens is 773 g/mol. The van der Waals surface area contributed by atoms with Crippen LogP contribution in [0.3, 0.4) is 0 Å². The van der Waals surface area contributed by atoms with Crippen molar-refractivity contribution >= 4 is 28.4 Å². The summed E-state index contributed by atoms with van der Waals surface area (Å²) in [5.74, 6) is 2.55. The SMILES string of the molecule is CC1=CC(N(c2ccc(C(C)C)cc2)c2ccc(C(C)C)cc2)=CC2C1c1ccc3c(c1C2(C)C)C(C)(C)c1cc(N(c2ccc(C(C)C)cc2)c2ccc(C(C)C)cc2)cc(C)c1-3. The minimum absolute atomic E-state index is 0.112. The maximum Gasteiger partial charge on any atom is 0.0467 e. The molecule has 6 aromatic carbocycles. The molecule has 328 valence electrons. The zero-order valence-electron chi connectivity index (χ0n) is 41.1. The molecule has 3 aliphatic carbocycles. The zero-order chi connectivity index (χ0) is 45.6. The molecule has 0 amide bonds. The van der Waals surface area contributed by atoms with E-state index in [4.69, 9.17) is 0 Å². The molecule has 0 aromatic heterocycles. The Morgan fingerprint density at radius 1 is 0.469 bits per heavy atom. The van der Waals surface area contributed by atoms with Gasteiger partial charge >= 0.3 is 0 Å². The van der Waals surface area contributed by atoms with Crippen LogP contribution < -0.4 is 9.80 Å².